The van der Waals surface area contributed by atoms with Gasteiger partial charge in [-0.1, -0.05) is 43.3 Å². The van der Waals surface area contributed by atoms with Crippen LogP contribution < -0.4 is 10.1 Å². The quantitative estimate of drug-likeness (QED) is 0.893. The molecular weight excluding hydrogens is 277 g/mol. The van der Waals surface area contributed by atoms with Gasteiger partial charge in [0.1, 0.15) is 0 Å². The third kappa shape index (κ3) is 3.00. The Hall–Kier alpha value is -1.87. The minimum Gasteiger partial charge on any atom is -0.490 e. The van der Waals surface area contributed by atoms with Crippen LogP contribution in [0.25, 0.3) is 0 Å². The van der Waals surface area contributed by atoms with Crippen LogP contribution in [0.1, 0.15) is 49.0 Å². The number of halogens is 1. The van der Waals surface area contributed by atoms with Gasteiger partial charge in [-0.3, -0.25) is 0 Å². The van der Waals surface area contributed by atoms with Crippen molar-refractivity contribution in [2.45, 2.75) is 38.8 Å². The number of fused-ring (bicyclic) bond motifs is 1. The lowest BCUT2D eigenvalue weighted by Crippen LogP contribution is -2.29. The van der Waals surface area contributed by atoms with Crippen LogP contribution in [0.5, 0.6) is 5.75 Å². The minimum atomic E-state index is -0.274. The van der Waals surface area contributed by atoms with E-state index in [1.807, 2.05) is 6.07 Å². The second-order valence-corrected chi connectivity index (χ2v) is 5.83. The van der Waals surface area contributed by atoms with Crippen LogP contribution in [-0.2, 0) is 6.42 Å². The molecule has 2 aromatic rings. The molecule has 3 rings (SSSR count). The second kappa shape index (κ2) is 6.49. The molecule has 0 spiro atoms. The fraction of sp³-hybridized carbons (Fsp3) is 0.368. The maximum absolute atomic E-state index is 13.8. The van der Waals surface area contributed by atoms with E-state index in [-0.39, 0.29) is 17.9 Å². The second-order valence-electron chi connectivity index (χ2n) is 5.83. The molecule has 2 nitrogen and oxygen atoms in total. The van der Waals surface area contributed by atoms with Crippen molar-refractivity contribution in [3.05, 3.63) is 65.0 Å². The highest BCUT2D eigenvalue weighted by molar-refractivity contribution is 5.39. The lowest BCUT2D eigenvalue weighted by atomic mass is 9.97. The molecule has 0 unspecified atom stereocenters. The molecule has 22 heavy (non-hydrogen) atoms. The number of rotatable bonds is 4. The smallest absolute Gasteiger partial charge is 0.165 e. The number of para-hydroxylation sites is 1. The predicted molar refractivity (Wildman–Crippen MR) is 86.6 cm³/mol. The largest absolute Gasteiger partial charge is 0.490 e. The van der Waals surface area contributed by atoms with Gasteiger partial charge in [0.15, 0.2) is 11.6 Å². The summed E-state index contributed by atoms with van der Waals surface area (Å²) in [5.41, 5.74) is 3.51. The van der Waals surface area contributed by atoms with E-state index in [2.05, 4.69) is 43.4 Å². The third-order valence-corrected chi connectivity index (χ3v) is 4.36. The molecule has 2 aromatic carbocycles. The first kappa shape index (κ1) is 15.0. The van der Waals surface area contributed by atoms with Crippen LogP contribution in [0.4, 0.5) is 4.39 Å². The first-order chi connectivity index (χ1) is 10.7. The molecule has 1 aliphatic heterocycles. The molecule has 0 saturated heterocycles. The Morgan fingerprint density at radius 1 is 1.23 bits per heavy atom. The van der Waals surface area contributed by atoms with Crippen molar-refractivity contribution in [1.82, 2.24) is 5.32 Å². The first-order valence-electron chi connectivity index (χ1n) is 7.95. The molecule has 3 heteroatoms. The van der Waals surface area contributed by atoms with E-state index in [9.17, 15) is 4.39 Å². The highest BCUT2D eigenvalue weighted by atomic mass is 19.1. The van der Waals surface area contributed by atoms with Gasteiger partial charge in [-0.05, 0) is 30.5 Å². The normalized spacial score (nSPS) is 18.4. The summed E-state index contributed by atoms with van der Waals surface area (Å²) in [7, 11) is 0. The van der Waals surface area contributed by atoms with Crippen LogP contribution >= 0.6 is 0 Å². The maximum atomic E-state index is 13.8. The summed E-state index contributed by atoms with van der Waals surface area (Å²) in [5.74, 6) is 0.128. The molecule has 1 N–H and O–H groups in total. The van der Waals surface area contributed by atoms with Crippen LogP contribution in [-0.4, -0.2) is 6.61 Å². The Labute approximate surface area is 131 Å². The Bertz CT molecular complexity index is 638. The molecular formula is C19H22FNO. The Kier molecular flexibility index (Phi) is 4.44. The van der Waals surface area contributed by atoms with Crippen LogP contribution in [0.2, 0.25) is 0 Å². The first-order valence-corrected chi connectivity index (χ1v) is 7.95. The molecule has 0 radical (unpaired) electrons. The lowest BCUT2D eigenvalue weighted by molar-refractivity contribution is 0.235. The van der Waals surface area contributed by atoms with Crippen molar-refractivity contribution in [3.63, 3.8) is 0 Å². The number of nitrogens with one attached hydrogen (secondary N) is 1. The molecule has 1 heterocycles. The van der Waals surface area contributed by atoms with Crippen molar-refractivity contribution in [1.29, 1.82) is 0 Å². The van der Waals surface area contributed by atoms with E-state index in [1.165, 1.54) is 17.2 Å². The van der Waals surface area contributed by atoms with Gasteiger partial charge in [-0.15, -0.1) is 0 Å². The summed E-state index contributed by atoms with van der Waals surface area (Å²) in [5, 5.41) is 3.61. The van der Waals surface area contributed by atoms with Gasteiger partial charge in [0, 0.05) is 24.1 Å². The molecule has 0 bridgehead atoms. The van der Waals surface area contributed by atoms with Crippen LogP contribution in [0.3, 0.4) is 0 Å². The van der Waals surface area contributed by atoms with Crippen molar-refractivity contribution >= 4 is 0 Å². The van der Waals surface area contributed by atoms with Crippen molar-refractivity contribution in [2.24, 2.45) is 0 Å². The topological polar surface area (TPSA) is 21.3 Å². The highest BCUT2D eigenvalue weighted by Crippen LogP contribution is 2.35. The lowest BCUT2D eigenvalue weighted by Gasteiger charge is -2.29. The number of ether oxygens (including phenoxy) is 1. The number of hydrogen-bond donors (Lipinski definition) is 1. The van der Waals surface area contributed by atoms with E-state index in [0.29, 0.717) is 12.4 Å². The molecule has 116 valence electrons. The highest BCUT2D eigenvalue weighted by Gasteiger charge is 2.25. The predicted octanol–water partition coefficient (Wildman–Crippen LogP) is 4.56. The maximum Gasteiger partial charge on any atom is 0.165 e. The summed E-state index contributed by atoms with van der Waals surface area (Å²) >= 11 is 0. The number of benzene rings is 2. The SMILES string of the molecule is CCc1ccc([C@@H](C)N[C@H]2CCOc3c(F)cccc32)cc1. The Balaban J connectivity index is 1.77. The zero-order valence-corrected chi connectivity index (χ0v) is 13.1. The molecule has 0 aliphatic carbocycles. The average Bonchev–Trinajstić information content (AvgIpc) is 2.56. The van der Waals surface area contributed by atoms with Gasteiger partial charge in [0.2, 0.25) is 0 Å². The molecule has 0 fully saturated rings. The van der Waals surface area contributed by atoms with Crippen molar-refractivity contribution in [2.75, 3.05) is 6.61 Å². The van der Waals surface area contributed by atoms with E-state index >= 15 is 0 Å². The van der Waals surface area contributed by atoms with Gasteiger partial charge in [0.05, 0.1) is 6.61 Å². The summed E-state index contributed by atoms with van der Waals surface area (Å²) < 4.78 is 19.3. The zero-order chi connectivity index (χ0) is 15.5. The fourth-order valence-corrected chi connectivity index (χ4v) is 3.00. The molecule has 1 aliphatic rings. The molecule has 0 saturated carbocycles. The van der Waals surface area contributed by atoms with Crippen molar-refractivity contribution in [3.8, 4) is 5.75 Å². The van der Waals surface area contributed by atoms with Gasteiger partial charge in [0.25, 0.3) is 0 Å². The van der Waals surface area contributed by atoms with Gasteiger partial charge < -0.3 is 10.1 Å². The average molecular weight is 299 g/mol. The third-order valence-electron chi connectivity index (χ3n) is 4.36. The zero-order valence-electron chi connectivity index (χ0n) is 13.1. The standard InChI is InChI=1S/C19H22FNO/c1-3-14-7-9-15(10-8-14)13(2)21-18-11-12-22-19-16(18)5-4-6-17(19)20/h4-10,13,18,21H,3,11-12H2,1-2H3/t13-,18+/m1/s1. The summed E-state index contributed by atoms with van der Waals surface area (Å²) in [6.45, 7) is 4.85. The Morgan fingerprint density at radius 3 is 2.73 bits per heavy atom. The number of aryl methyl sites for hydroxylation is 1. The van der Waals surface area contributed by atoms with Gasteiger partial charge >= 0.3 is 0 Å². The fourth-order valence-electron chi connectivity index (χ4n) is 3.00. The van der Waals surface area contributed by atoms with Crippen LogP contribution in [0.15, 0.2) is 42.5 Å². The molecule has 0 aromatic heterocycles. The van der Waals surface area contributed by atoms with E-state index in [0.717, 1.165) is 18.4 Å². The molecule has 2 atom stereocenters. The minimum absolute atomic E-state index is 0.125. The number of hydrogen-bond acceptors (Lipinski definition) is 2. The Morgan fingerprint density at radius 2 is 2.00 bits per heavy atom. The molecule has 0 amide bonds. The van der Waals surface area contributed by atoms with Crippen LogP contribution in [0, 0.1) is 5.82 Å². The van der Waals surface area contributed by atoms with Crippen molar-refractivity contribution < 1.29 is 9.13 Å². The van der Waals surface area contributed by atoms with E-state index in [4.69, 9.17) is 4.74 Å². The van der Waals surface area contributed by atoms with E-state index in [1.54, 1.807) is 6.07 Å². The summed E-state index contributed by atoms with van der Waals surface area (Å²) in [6, 6.07) is 14.2. The summed E-state index contributed by atoms with van der Waals surface area (Å²) in [6.07, 6.45) is 1.91. The summed E-state index contributed by atoms with van der Waals surface area (Å²) in [4.78, 5) is 0. The monoisotopic (exact) mass is 299 g/mol. The van der Waals surface area contributed by atoms with Gasteiger partial charge in [-0.25, -0.2) is 4.39 Å². The van der Waals surface area contributed by atoms with E-state index < -0.39 is 0 Å². The van der Waals surface area contributed by atoms with Gasteiger partial charge in [-0.2, -0.15) is 0 Å².